The first-order valence-corrected chi connectivity index (χ1v) is 5.50. The van der Waals surface area contributed by atoms with Crippen LogP contribution in [0, 0.1) is 0 Å². The van der Waals surface area contributed by atoms with E-state index in [9.17, 15) is 9.59 Å². The van der Waals surface area contributed by atoms with Gasteiger partial charge in [-0.15, -0.1) is 0 Å². The number of hydrogen-bond acceptors (Lipinski definition) is 4. The molecule has 0 saturated heterocycles. The molecule has 5 nitrogen and oxygen atoms in total. The SMILES string of the molecule is COC(=O)C(=O)N(C)c1ccc(OC)c(Br)c1. The number of halogens is 1. The molecule has 0 aromatic heterocycles. The van der Waals surface area contributed by atoms with Gasteiger partial charge in [0.25, 0.3) is 0 Å². The summed E-state index contributed by atoms with van der Waals surface area (Å²) in [6.07, 6.45) is 0. The monoisotopic (exact) mass is 301 g/mol. The van der Waals surface area contributed by atoms with Gasteiger partial charge >= 0.3 is 11.9 Å². The van der Waals surface area contributed by atoms with E-state index in [0.717, 1.165) is 7.11 Å². The standard InChI is InChI=1S/C11H12BrNO4/c1-13(10(14)11(15)17-3)7-4-5-9(16-2)8(12)6-7/h4-6H,1-3H3. The summed E-state index contributed by atoms with van der Waals surface area (Å²) in [5, 5.41) is 0. The summed E-state index contributed by atoms with van der Waals surface area (Å²) in [5.41, 5.74) is 0.563. The van der Waals surface area contributed by atoms with Gasteiger partial charge < -0.3 is 14.4 Å². The largest absolute Gasteiger partial charge is 0.496 e. The number of carbonyl (C=O) groups is 2. The molecule has 0 heterocycles. The Kier molecular flexibility index (Phi) is 4.51. The van der Waals surface area contributed by atoms with E-state index in [0.29, 0.717) is 15.9 Å². The van der Waals surface area contributed by atoms with Crippen molar-refractivity contribution in [1.29, 1.82) is 0 Å². The molecule has 0 radical (unpaired) electrons. The van der Waals surface area contributed by atoms with E-state index < -0.39 is 11.9 Å². The van der Waals surface area contributed by atoms with E-state index in [2.05, 4.69) is 20.7 Å². The van der Waals surface area contributed by atoms with Gasteiger partial charge in [-0.25, -0.2) is 4.79 Å². The second-order valence-electron chi connectivity index (χ2n) is 3.17. The average Bonchev–Trinajstić information content (AvgIpc) is 2.35. The highest BCUT2D eigenvalue weighted by atomic mass is 79.9. The number of nitrogens with zero attached hydrogens (tertiary/aromatic N) is 1. The van der Waals surface area contributed by atoms with Gasteiger partial charge in [0.2, 0.25) is 0 Å². The van der Waals surface area contributed by atoms with Crippen LogP contribution in [-0.2, 0) is 14.3 Å². The maximum Gasteiger partial charge on any atom is 0.397 e. The minimum absolute atomic E-state index is 0.563. The molecule has 0 N–H and O–H groups in total. The Morgan fingerprint density at radius 2 is 1.94 bits per heavy atom. The van der Waals surface area contributed by atoms with Gasteiger partial charge in [-0.1, -0.05) is 0 Å². The molecule has 0 aliphatic rings. The highest BCUT2D eigenvalue weighted by Crippen LogP contribution is 2.29. The van der Waals surface area contributed by atoms with Crippen molar-refractivity contribution in [1.82, 2.24) is 0 Å². The first-order chi connectivity index (χ1) is 8.01. The van der Waals surface area contributed by atoms with E-state index in [-0.39, 0.29) is 0 Å². The molecule has 1 aromatic carbocycles. The molecule has 0 aliphatic heterocycles. The predicted molar refractivity (Wildman–Crippen MR) is 66.1 cm³/mol. The van der Waals surface area contributed by atoms with Crippen LogP contribution in [0.4, 0.5) is 5.69 Å². The van der Waals surface area contributed by atoms with Crippen LogP contribution in [0.1, 0.15) is 0 Å². The highest BCUT2D eigenvalue weighted by molar-refractivity contribution is 9.10. The molecule has 0 unspecified atom stereocenters. The summed E-state index contributed by atoms with van der Waals surface area (Å²) in [6.45, 7) is 0. The van der Waals surface area contributed by atoms with Crippen molar-refractivity contribution in [3.63, 3.8) is 0 Å². The van der Waals surface area contributed by atoms with Gasteiger partial charge in [0.05, 0.1) is 18.7 Å². The van der Waals surface area contributed by atoms with E-state index >= 15 is 0 Å². The summed E-state index contributed by atoms with van der Waals surface area (Å²) >= 11 is 3.30. The molecule has 17 heavy (non-hydrogen) atoms. The lowest BCUT2D eigenvalue weighted by molar-refractivity contribution is -0.151. The van der Waals surface area contributed by atoms with Gasteiger partial charge in [0, 0.05) is 12.7 Å². The van der Waals surface area contributed by atoms with Gasteiger partial charge in [0.1, 0.15) is 5.75 Å². The van der Waals surface area contributed by atoms with E-state index in [1.807, 2.05) is 0 Å². The van der Waals surface area contributed by atoms with Crippen LogP contribution in [0.25, 0.3) is 0 Å². The molecular formula is C11H12BrNO4. The maximum atomic E-state index is 11.5. The van der Waals surface area contributed by atoms with Crippen molar-refractivity contribution in [3.05, 3.63) is 22.7 Å². The van der Waals surface area contributed by atoms with Crippen molar-refractivity contribution in [2.24, 2.45) is 0 Å². The van der Waals surface area contributed by atoms with Gasteiger partial charge in [-0.05, 0) is 34.1 Å². The first kappa shape index (κ1) is 13.5. The number of likely N-dealkylation sites (N-methyl/N-ethyl adjacent to an activating group) is 1. The summed E-state index contributed by atoms with van der Waals surface area (Å²) in [4.78, 5) is 23.8. The third kappa shape index (κ3) is 2.97. The van der Waals surface area contributed by atoms with Crippen LogP contribution in [0.15, 0.2) is 22.7 Å². The molecule has 1 rings (SSSR count). The molecule has 0 fully saturated rings. The molecular weight excluding hydrogens is 290 g/mol. The molecule has 0 saturated carbocycles. The van der Waals surface area contributed by atoms with Crippen molar-refractivity contribution >= 4 is 33.5 Å². The Hall–Kier alpha value is -1.56. The number of carbonyl (C=O) groups excluding carboxylic acids is 2. The van der Waals surface area contributed by atoms with E-state index in [4.69, 9.17) is 4.74 Å². The minimum atomic E-state index is -0.903. The molecule has 0 bridgehead atoms. The molecule has 1 amide bonds. The zero-order valence-corrected chi connectivity index (χ0v) is 11.3. The van der Waals surface area contributed by atoms with Crippen LogP contribution < -0.4 is 9.64 Å². The number of esters is 1. The fourth-order valence-electron chi connectivity index (χ4n) is 1.21. The summed E-state index contributed by atoms with van der Waals surface area (Å²) < 4.78 is 10.1. The number of benzene rings is 1. The number of methoxy groups -OCH3 is 2. The smallest absolute Gasteiger partial charge is 0.397 e. The number of anilines is 1. The maximum absolute atomic E-state index is 11.5. The lowest BCUT2D eigenvalue weighted by Gasteiger charge is -2.16. The lowest BCUT2D eigenvalue weighted by Crippen LogP contribution is -2.33. The fourth-order valence-corrected chi connectivity index (χ4v) is 1.73. The summed E-state index contributed by atoms with van der Waals surface area (Å²) in [5.74, 6) is -0.989. The fraction of sp³-hybridized carbons (Fsp3) is 0.273. The van der Waals surface area contributed by atoms with Crippen molar-refractivity contribution in [3.8, 4) is 5.75 Å². The highest BCUT2D eigenvalue weighted by Gasteiger charge is 2.20. The molecule has 0 spiro atoms. The number of ether oxygens (including phenoxy) is 2. The summed E-state index contributed by atoms with van der Waals surface area (Å²) in [6, 6.07) is 5.05. The normalized spacial score (nSPS) is 9.65. The van der Waals surface area contributed by atoms with Crippen LogP contribution >= 0.6 is 15.9 Å². The number of amides is 1. The average molecular weight is 302 g/mol. The summed E-state index contributed by atoms with van der Waals surface area (Å²) in [7, 11) is 4.20. The van der Waals surface area contributed by atoms with Crippen molar-refractivity contribution < 1.29 is 19.1 Å². The molecule has 92 valence electrons. The Morgan fingerprint density at radius 1 is 1.29 bits per heavy atom. The van der Waals surface area contributed by atoms with Crippen LogP contribution in [-0.4, -0.2) is 33.1 Å². The van der Waals surface area contributed by atoms with Gasteiger partial charge in [-0.2, -0.15) is 0 Å². The Labute approximate surface area is 107 Å². The van der Waals surface area contributed by atoms with Crippen LogP contribution in [0.2, 0.25) is 0 Å². The molecule has 1 aromatic rings. The predicted octanol–water partition coefficient (Wildman–Crippen LogP) is 1.59. The third-order valence-corrected chi connectivity index (χ3v) is 2.81. The quantitative estimate of drug-likeness (QED) is 0.615. The number of hydrogen-bond donors (Lipinski definition) is 0. The van der Waals surface area contributed by atoms with Crippen molar-refractivity contribution in [2.75, 3.05) is 26.2 Å². The number of rotatable bonds is 2. The molecule has 0 atom stereocenters. The molecule has 0 aliphatic carbocycles. The Morgan fingerprint density at radius 3 is 2.41 bits per heavy atom. The lowest BCUT2D eigenvalue weighted by atomic mass is 10.3. The van der Waals surface area contributed by atoms with Crippen molar-refractivity contribution in [2.45, 2.75) is 0 Å². The van der Waals surface area contributed by atoms with Crippen LogP contribution in [0.3, 0.4) is 0 Å². The van der Waals surface area contributed by atoms with Gasteiger partial charge in [-0.3, -0.25) is 4.79 Å². The van der Waals surface area contributed by atoms with E-state index in [1.165, 1.54) is 11.9 Å². The third-order valence-electron chi connectivity index (χ3n) is 2.19. The second kappa shape index (κ2) is 5.67. The Bertz CT molecular complexity index is 447. The zero-order chi connectivity index (χ0) is 13.0. The first-order valence-electron chi connectivity index (χ1n) is 4.70. The van der Waals surface area contributed by atoms with Crippen LogP contribution in [0.5, 0.6) is 5.75 Å². The second-order valence-corrected chi connectivity index (χ2v) is 4.03. The minimum Gasteiger partial charge on any atom is -0.496 e. The van der Waals surface area contributed by atoms with E-state index in [1.54, 1.807) is 25.3 Å². The Balaban J connectivity index is 2.97. The topological polar surface area (TPSA) is 55.8 Å². The zero-order valence-electron chi connectivity index (χ0n) is 9.69. The van der Waals surface area contributed by atoms with Gasteiger partial charge in [0.15, 0.2) is 0 Å². The molecule has 6 heteroatoms.